The Morgan fingerprint density at radius 1 is 1.29 bits per heavy atom. The standard InChI is InChI=1S/C17H22N2O5/c1-10-7-11-15(12(20)8-10)19(16(24)17(11,2)3)9-13(21)18-6-4-5-14(22)23/h7-8,20H,4-6,9H2,1-3H3,(H,18,21)(H,22,23). The number of anilines is 1. The Morgan fingerprint density at radius 2 is 1.96 bits per heavy atom. The number of carbonyl (C=O) groups excluding carboxylic acids is 2. The van der Waals surface area contributed by atoms with Gasteiger partial charge in [-0.05, 0) is 44.4 Å². The van der Waals surface area contributed by atoms with Crippen LogP contribution in [0.2, 0.25) is 0 Å². The highest BCUT2D eigenvalue weighted by molar-refractivity contribution is 6.11. The molecule has 7 heteroatoms. The third kappa shape index (κ3) is 3.34. The Morgan fingerprint density at radius 3 is 2.58 bits per heavy atom. The molecule has 0 spiro atoms. The molecular weight excluding hydrogens is 312 g/mol. The fraction of sp³-hybridized carbons (Fsp3) is 0.471. The normalized spacial score (nSPS) is 15.3. The lowest BCUT2D eigenvalue weighted by Crippen LogP contribution is -2.43. The number of carboxylic acid groups (broad SMARTS) is 1. The van der Waals surface area contributed by atoms with Gasteiger partial charge in [0.1, 0.15) is 12.3 Å². The highest BCUT2D eigenvalue weighted by atomic mass is 16.4. The molecule has 0 aliphatic carbocycles. The van der Waals surface area contributed by atoms with Crippen LogP contribution in [0.15, 0.2) is 12.1 Å². The molecule has 1 heterocycles. The molecule has 0 saturated carbocycles. The summed E-state index contributed by atoms with van der Waals surface area (Å²) >= 11 is 0. The van der Waals surface area contributed by atoms with Gasteiger partial charge in [-0.3, -0.25) is 19.3 Å². The smallest absolute Gasteiger partial charge is 0.303 e. The van der Waals surface area contributed by atoms with E-state index in [2.05, 4.69) is 5.32 Å². The predicted octanol–water partition coefficient (Wildman–Crippen LogP) is 1.31. The van der Waals surface area contributed by atoms with Crippen molar-refractivity contribution in [1.29, 1.82) is 0 Å². The molecule has 2 rings (SSSR count). The number of amides is 2. The minimum atomic E-state index is -0.921. The van der Waals surface area contributed by atoms with Crippen molar-refractivity contribution in [3.8, 4) is 5.75 Å². The summed E-state index contributed by atoms with van der Waals surface area (Å²) < 4.78 is 0. The molecule has 0 aromatic heterocycles. The molecule has 1 aromatic carbocycles. The van der Waals surface area contributed by atoms with E-state index in [1.54, 1.807) is 19.9 Å². The summed E-state index contributed by atoms with van der Waals surface area (Å²) in [6.45, 7) is 5.37. The molecule has 0 radical (unpaired) electrons. The number of benzene rings is 1. The summed E-state index contributed by atoms with van der Waals surface area (Å²) in [7, 11) is 0. The Hall–Kier alpha value is -2.57. The van der Waals surface area contributed by atoms with E-state index in [1.165, 1.54) is 4.90 Å². The molecule has 0 unspecified atom stereocenters. The third-order valence-corrected chi connectivity index (χ3v) is 4.15. The van der Waals surface area contributed by atoms with Gasteiger partial charge in [0, 0.05) is 13.0 Å². The molecule has 1 aromatic rings. The average Bonchev–Trinajstić information content (AvgIpc) is 2.65. The van der Waals surface area contributed by atoms with Gasteiger partial charge in [0.25, 0.3) is 0 Å². The third-order valence-electron chi connectivity index (χ3n) is 4.15. The zero-order valence-electron chi connectivity index (χ0n) is 14.0. The van der Waals surface area contributed by atoms with Crippen molar-refractivity contribution in [2.45, 2.75) is 39.0 Å². The number of rotatable bonds is 6. The first-order valence-corrected chi connectivity index (χ1v) is 7.79. The molecule has 3 N–H and O–H groups in total. The fourth-order valence-electron chi connectivity index (χ4n) is 2.89. The number of hydrogen-bond donors (Lipinski definition) is 3. The number of carboxylic acids is 1. The Balaban J connectivity index is 2.13. The number of nitrogens with one attached hydrogen (secondary N) is 1. The number of carbonyl (C=O) groups is 3. The Labute approximate surface area is 140 Å². The van der Waals surface area contributed by atoms with Crippen LogP contribution in [0.1, 0.15) is 37.8 Å². The highest BCUT2D eigenvalue weighted by Gasteiger charge is 2.46. The van der Waals surface area contributed by atoms with Crippen LogP contribution in [0.4, 0.5) is 5.69 Å². The van der Waals surface area contributed by atoms with Crippen molar-refractivity contribution in [1.82, 2.24) is 5.32 Å². The Bertz CT molecular complexity index is 696. The Kier molecular flexibility index (Phi) is 4.82. The molecular formula is C17H22N2O5. The molecule has 7 nitrogen and oxygen atoms in total. The largest absolute Gasteiger partial charge is 0.506 e. The highest BCUT2D eigenvalue weighted by Crippen LogP contribution is 2.46. The summed E-state index contributed by atoms with van der Waals surface area (Å²) in [5.41, 5.74) is 1.09. The summed E-state index contributed by atoms with van der Waals surface area (Å²) in [4.78, 5) is 36.4. The number of nitrogens with zero attached hydrogens (tertiary/aromatic N) is 1. The topological polar surface area (TPSA) is 107 Å². The summed E-state index contributed by atoms with van der Waals surface area (Å²) in [6, 6.07) is 3.41. The van der Waals surface area contributed by atoms with Gasteiger partial charge >= 0.3 is 5.97 Å². The second-order valence-electron chi connectivity index (χ2n) is 6.54. The van der Waals surface area contributed by atoms with Gasteiger partial charge in [0.15, 0.2) is 0 Å². The number of fused-ring (bicyclic) bond motifs is 1. The molecule has 1 aliphatic heterocycles. The maximum absolute atomic E-state index is 12.7. The van der Waals surface area contributed by atoms with E-state index in [0.29, 0.717) is 17.7 Å². The van der Waals surface area contributed by atoms with Gasteiger partial charge in [0.2, 0.25) is 11.8 Å². The summed E-state index contributed by atoms with van der Waals surface area (Å²) in [6.07, 6.45) is 0.292. The second-order valence-corrected chi connectivity index (χ2v) is 6.54. The fourth-order valence-corrected chi connectivity index (χ4v) is 2.89. The number of aryl methyl sites for hydroxylation is 1. The van der Waals surface area contributed by atoms with Crippen molar-refractivity contribution >= 4 is 23.5 Å². The van der Waals surface area contributed by atoms with Crippen LogP contribution < -0.4 is 10.2 Å². The van der Waals surface area contributed by atoms with Gasteiger partial charge in [-0.25, -0.2) is 0 Å². The van der Waals surface area contributed by atoms with Gasteiger partial charge in [0.05, 0.1) is 11.1 Å². The maximum Gasteiger partial charge on any atom is 0.303 e. The SMILES string of the molecule is Cc1cc(O)c2c(c1)C(C)(C)C(=O)N2CC(=O)NCCCC(=O)O. The van der Waals surface area contributed by atoms with Gasteiger partial charge in [-0.1, -0.05) is 6.07 Å². The molecule has 1 aliphatic rings. The van der Waals surface area contributed by atoms with E-state index >= 15 is 0 Å². The van der Waals surface area contributed by atoms with Gasteiger partial charge < -0.3 is 15.5 Å². The monoisotopic (exact) mass is 334 g/mol. The molecule has 130 valence electrons. The number of phenols is 1. The number of hydrogen-bond acceptors (Lipinski definition) is 4. The van der Waals surface area contributed by atoms with Crippen molar-refractivity contribution in [2.24, 2.45) is 0 Å². The number of aromatic hydroxyl groups is 1. The summed E-state index contributed by atoms with van der Waals surface area (Å²) in [5.74, 6) is -1.59. The van der Waals surface area contributed by atoms with E-state index in [0.717, 1.165) is 5.56 Å². The minimum Gasteiger partial charge on any atom is -0.506 e. The molecule has 0 fully saturated rings. The number of phenolic OH excluding ortho intramolecular Hbond substituents is 1. The van der Waals surface area contributed by atoms with Crippen molar-refractivity contribution in [2.75, 3.05) is 18.0 Å². The first-order chi connectivity index (χ1) is 11.1. The zero-order valence-corrected chi connectivity index (χ0v) is 14.0. The van der Waals surface area contributed by atoms with Crippen molar-refractivity contribution in [3.05, 3.63) is 23.3 Å². The number of aliphatic carboxylic acids is 1. The molecule has 24 heavy (non-hydrogen) atoms. The minimum absolute atomic E-state index is 0.0254. The molecule has 2 amide bonds. The van der Waals surface area contributed by atoms with Crippen LogP contribution >= 0.6 is 0 Å². The van der Waals surface area contributed by atoms with Crippen LogP contribution in [0.25, 0.3) is 0 Å². The lowest BCUT2D eigenvalue weighted by Gasteiger charge is -2.20. The van der Waals surface area contributed by atoms with Gasteiger partial charge in [-0.15, -0.1) is 0 Å². The lowest BCUT2D eigenvalue weighted by atomic mass is 9.85. The molecule has 0 atom stereocenters. The van der Waals surface area contributed by atoms with Crippen LogP contribution in [0.5, 0.6) is 5.75 Å². The first kappa shape index (κ1) is 17.8. The average molecular weight is 334 g/mol. The molecule has 0 bridgehead atoms. The predicted molar refractivity (Wildman–Crippen MR) is 88.1 cm³/mol. The van der Waals surface area contributed by atoms with E-state index in [1.807, 2.05) is 13.0 Å². The second kappa shape index (κ2) is 6.51. The van der Waals surface area contributed by atoms with Crippen LogP contribution in [-0.4, -0.2) is 41.1 Å². The van der Waals surface area contributed by atoms with Crippen molar-refractivity contribution < 1.29 is 24.6 Å². The quantitative estimate of drug-likeness (QED) is 0.680. The van der Waals surface area contributed by atoms with Gasteiger partial charge in [-0.2, -0.15) is 0 Å². The van der Waals surface area contributed by atoms with E-state index < -0.39 is 17.3 Å². The first-order valence-electron chi connectivity index (χ1n) is 7.79. The van der Waals surface area contributed by atoms with Crippen molar-refractivity contribution in [3.63, 3.8) is 0 Å². The summed E-state index contributed by atoms with van der Waals surface area (Å²) in [5, 5.41) is 21.4. The lowest BCUT2D eigenvalue weighted by molar-refractivity contribution is -0.137. The zero-order chi connectivity index (χ0) is 18.1. The van der Waals surface area contributed by atoms with Crippen LogP contribution in [0.3, 0.4) is 0 Å². The van der Waals surface area contributed by atoms with Crippen LogP contribution in [-0.2, 0) is 19.8 Å². The van der Waals surface area contributed by atoms with E-state index in [4.69, 9.17) is 5.11 Å². The van der Waals surface area contributed by atoms with E-state index in [9.17, 15) is 19.5 Å². The molecule has 0 saturated heterocycles. The van der Waals surface area contributed by atoms with E-state index in [-0.39, 0.29) is 31.2 Å². The van der Waals surface area contributed by atoms with Crippen LogP contribution in [0, 0.1) is 6.92 Å². The maximum atomic E-state index is 12.7.